The summed E-state index contributed by atoms with van der Waals surface area (Å²) in [4.78, 5) is 8.16. The van der Waals surface area contributed by atoms with Gasteiger partial charge in [-0.15, -0.1) is 0 Å². The van der Waals surface area contributed by atoms with Crippen molar-refractivity contribution in [2.75, 3.05) is 5.73 Å². The molecule has 0 unspecified atom stereocenters. The molecule has 0 radical (unpaired) electrons. The van der Waals surface area contributed by atoms with Gasteiger partial charge in [0.15, 0.2) is 0 Å². The summed E-state index contributed by atoms with van der Waals surface area (Å²) in [5, 5.41) is 3.88. The number of hydrogen-bond acceptors (Lipinski definition) is 5. The van der Waals surface area contributed by atoms with Crippen molar-refractivity contribution in [3.8, 4) is 22.8 Å². The fourth-order valence-corrected chi connectivity index (χ4v) is 1.87. The SMILES string of the molecule is Cc1ccc(F)cc1-c1noc(-c2ccnc(N)c2)n1. The van der Waals surface area contributed by atoms with E-state index in [1.54, 1.807) is 24.4 Å². The Hall–Kier alpha value is -2.76. The maximum Gasteiger partial charge on any atom is 0.258 e. The van der Waals surface area contributed by atoms with E-state index in [0.717, 1.165) is 5.56 Å². The molecule has 3 aromatic rings. The minimum atomic E-state index is -0.342. The Morgan fingerprint density at radius 1 is 1.20 bits per heavy atom. The Balaban J connectivity index is 2.04. The minimum absolute atomic E-state index is 0.317. The summed E-state index contributed by atoms with van der Waals surface area (Å²) in [6.45, 7) is 1.86. The van der Waals surface area contributed by atoms with Gasteiger partial charge in [0, 0.05) is 17.3 Å². The molecule has 5 nitrogen and oxygen atoms in total. The number of nitrogens with zero attached hydrogens (tertiary/aromatic N) is 3. The maximum absolute atomic E-state index is 13.3. The summed E-state index contributed by atoms with van der Waals surface area (Å²) in [7, 11) is 0. The first-order chi connectivity index (χ1) is 9.63. The second-order valence-corrected chi connectivity index (χ2v) is 4.35. The van der Waals surface area contributed by atoms with Crippen LogP contribution in [0.1, 0.15) is 5.56 Å². The smallest absolute Gasteiger partial charge is 0.258 e. The van der Waals surface area contributed by atoms with Crippen LogP contribution in [0.4, 0.5) is 10.2 Å². The fourth-order valence-electron chi connectivity index (χ4n) is 1.87. The number of benzene rings is 1. The van der Waals surface area contributed by atoms with Gasteiger partial charge in [-0.05, 0) is 36.8 Å². The molecule has 0 amide bonds. The van der Waals surface area contributed by atoms with Gasteiger partial charge >= 0.3 is 0 Å². The molecule has 0 saturated carbocycles. The molecular formula is C14H11FN4O. The lowest BCUT2D eigenvalue weighted by atomic mass is 10.1. The van der Waals surface area contributed by atoms with Crippen molar-refractivity contribution in [2.24, 2.45) is 0 Å². The first-order valence-corrected chi connectivity index (χ1v) is 5.95. The normalized spacial score (nSPS) is 10.7. The van der Waals surface area contributed by atoms with Crippen molar-refractivity contribution in [1.82, 2.24) is 15.1 Å². The predicted octanol–water partition coefficient (Wildman–Crippen LogP) is 2.83. The number of aromatic nitrogens is 3. The van der Waals surface area contributed by atoms with Gasteiger partial charge in [-0.1, -0.05) is 11.2 Å². The van der Waals surface area contributed by atoms with E-state index in [4.69, 9.17) is 10.3 Å². The number of aryl methyl sites for hydroxylation is 1. The van der Waals surface area contributed by atoms with Crippen LogP contribution in [0.2, 0.25) is 0 Å². The second kappa shape index (κ2) is 4.73. The van der Waals surface area contributed by atoms with Gasteiger partial charge in [-0.25, -0.2) is 9.37 Å². The largest absolute Gasteiger partial charge is 0.384 e. The van der Waals surface area contributed by atoms with E-state index in [9.17, 15) is 4.39 Å². The molecule has 20 heavy (non-hydrogen) atoms. The minimum Gasteiger partial charge on any atom is -0.384 e. The van der Waals surface area contributed by atoms with Crippen LogP contribution in [0.25, 0.3) is 22.8 Å². The van der Waals surface area contributed by atoms with Gasteiger partial charge in [0.2, 0.25) is 5.82 Å². The molecular weight excluding hydrogens is 259 g/mol. The predicted molar refractivity (Wildman–Crippen MR) is 72.1 cm³/mol. The first kappa shape index (κ1) is 12.3. The molecule has 0 bridgehead atoms. The third-order valence-corrected chi connectivity index (χ3v) is 2.89. The third-order valence-electron chi connectivity index (χ3n) is 2.89. The van der Waals surface area contributed by atoms with Gasteiger partial charge in [0.1, 0.15) is 11.6 Å². The average molecular weight is 270 g/mol. The molecule has 0 aliphatic heterocycles. The fraction of sp³-hybridized carbons (Fsp3) is 0.0714. The number of rotatable bonds is 2. The van der Waals surface area contributed by atoms with E-state index >= 15 is 0 Å². The molecule has 1 aromatic carbocycles. The molecule has 0 aliphatic rings. The highest BCUT2D eigenvalue weighted by Gasteiger charge is 2.13. The van der Waals surface area contributed by atoms with Crippen molar-refractivity contribution in [2.45, 2.75) is 6.92 Å². The molecule has 3 rings (SSSR count). The molecule has 0 atom stereocenters. The summed E-state index contributed by atoms with van der Waals surface area (Å²) in [5.74, 6) is 0.680. The van der Waals surface area contributed by atoms with Crippen molar-refractivity contribution >= 4 is 5.82 Å². The highest BCUT2D eigenvalue weighted by molar-refractivity contribution is 5.63. The lowest BCUT2D eigenvalue weighted by molar-refractivity contribution is 0.432. The molecule has 2 aromatic heterocycles. The van der Waals surface area contributed by atoms with Gasteiger partial charge in [-0.3, -0.25) is 0 Å². The van der Waals surface area contributed by atoms with Crippen LogP contribution in [0, 0.1) is 12.7 Å². The Labute approximate surface area is 114 Å². The quantitative estimate of drug-likeness (QED) is 0.774. The molecule has 100 valence electrons. The van der Waals surface area contributed by atoms with Crippen molar-refractivity contribution in [1.29, 1.82) is 0 Å². The van der Waals surface area contributed by atoms with Gasteiger partial charge in [0.25, 0.3) is 5.89 Å². The van der Waals surface area contributed by atoms with Gasteiger partial charge in [0.05, 0.1) is 0 Å². The van der Waals surface area contributed by atoms with Crippen molar-refractivity contribution < 1.29 is 8.91 Å². The summed E-state index contributed by atoms with van der Waals surface area (Å²) < 4.78 is 18.5. The molecule has 2 N–H and O–H groups in total. The summed E-state index contributed by atoms with van der Waals surface area (Å²) >= 11 is 0. The molecule has 6 heteroatoms. The number of pyridine rings is 1. The van der Waals surface area contributed by atoms with Crippen LogP contribution in [0.15, 0.2) is 41.1 Å². The van der Waals surface area contributed by atoms with Gasteiger partial charge in [-0.2, -0.15) is 4.98 Å². The third kappa shape index (κ3) is 2.23. The molecule has 2 heterocycles. The maximum atomic E-state index is 13.3. The monoisotopic (exact) mass is 270 g/mol. The van der Waals surface area contributed by atoms with Crippen LogP contribution >= 0.6 is 0 Å². The van der Waals surface area contributed by atoms with E-state index < -0.39 is 0 Å². The number of anilines is 1. The standard InChI is InChI=1S/C14H11FN4O/c1-8-2-3-10(15)7-11(8)13-18-14(20-19-13)9-4-5-17-12(16)6-9/h2-7H,1H3,(H2,16,17). The Bertz CT molecular complexity index is 769. The van der Waals surface area contributed by atoms with Crippen LogP contribution in [-0.4, -0.2) is 15.1 Å². The van der Waals surface area contributed by atoms with Crippen LogP contribution in [0.5, 0.6) is 0 Å². The first-order valence-electron chi connectivity index (χ1n) is 5.95. The number of hydrogen-bond donors (Lipinski definition) is 1. The Morgan fingerprint density at radius 2 is 2.05 bits per heavy atom. The number of nitrogens with two attached hydrogens (primary N) is 1. The van der Waals surface area contributed by atoms with Crippen LogP contribution in [-0.2, 0) is 0 Å². The highest BCUT2D eigenvalue weighted by atomic mass is 19.1. The molecule has 0 saturated heterocycles. The topological polar surface area (TPSA) is 77.8 Å². The van der Waals surface area contributed by atoms with Crippen LogP contribution in [0.3, 0.4) is 0 Å². The van der Waals surface area contributed by atoms with E-state index in [1.807, 2.05) is 6.92 Å². The zero-order valence-corrected chi connectivity index (χ0v) is 10.7. The average Bonchev–Trinajstić information content (AvgIpc) is 2.91. The molecule has 0 spiro atoms. The van der Waals surface area contributed by atoms with E-state index in [-0.39, 0.29) is 5.82 Å². The second-order valence-electron chi connectivity index (χ2n) is 4.35. The van der Waals surface area contributed by atoms with Crippen LogP contribution < -0.4 is 5.73 Å². The van der Waals surface area contributed by atoms with E-state index in [1.165, 1.54) is 12.1 Å². The lowest BCUT2D eigenvalue weighted by Gasteiger charge is -1.99. The van der Waals surface area contributed by atoms with Gasteiger partial charge < -0.3 is 10.3 Å². The number of nitrogen functional groups attached to an aromatic ring is 1. The van der Waals surface area contributed by atoms with E-state index in [2.05, 4.69) is 15.1 Å². The lowest BCUT2D eigenvalue weighted by Crippen LogP contribution is -1.90. The highest BCUT2D eigenvalue weighted by Crippen LogP contribution is 2.25. The van der Waals surface area contributed by atoms with E-state index in [0.29, 0.717) is 28.7 Å². The molecule has 0 fully saturated rings. The number of halogens is 1. The summed E-state index contributed by atoms with van der Waals surface area (Å²) in [5.41, 5.74) is 7.75. The van der Waals surface area contributed by atoms with Crippen molar-refractivity contribution in [3.05, 3.63) is 47.9 Å². The molecule has 0 aliphatic carbocycles. The zero-order valence-electron chi connectivity index (χ0n) is 10.7. The Morgan fingerprint density at radius 3 is 2.85 bits per heavy atom. The van der Waals surface area contributed by atoms with Crippen molar-refractivity contribution in [3.63, 3.8) is 0 Å². The summed E-state index contributed by atoms with van der Waals surface area (Å²) in [6.07, 6.45) is 1.56. The Kier molecular flexibility index (Phi) is 2.90. The summed E-state index contributed by atoms with van der Waals surface area (Å²) in [6, 6.07) is 7.79. The zero-order chi connectivity index (χ0) is 14.1.